The third kappa shape index (κ3) is 3.97. The van der Waals surface area contributed by atoms with E-state index < -0.39 is 0 Å². The molecular formula is C22H24N2O2. The fourth-order valence-electron chi connectivity index (χ4n) is 3.66. The van der Waals surface area contributed by atoms with E-state index in [1.165, 1.54) is 5.56 Å². The Bertz CT molecular complexity index is 839. The quantitative estimate of drug-likeness (QED) is 0.761. The van der Waals surface area contributed by atoms with Crippen LogP contribution >= 0.6 is 0 Å². The van der Waals surface area contributed by atoms with Gasteiger partial charge in [-0.05, 0) is 43.5 Å². The Morgan fingerprint density at radius 3 is 2.77 bits per heavy atom. The molecule has 2 heterocycles. The number of likely N-dealkylation sites (tertiary alicyclic amines) is 1. The Hall–Kier alpha value is -2.59. The zero-order valence-corrected chi connectivity index (χ0v) is 14.9. The molecule has 1 aliphatic rings. The molecule has 1 aliphatic heterocycles. The first-order valence-corrected chi connectivity index (χ1v) is 9.34. The third-order valence-electron chi connectivity index (χ3n) is 5.05. The van der Waals surface area contributed by atoms with Crippen molar-refractivity contribution in [2.75, 3.05) is 19.6 Å². The molecule has 4 rings (SSSR count). The summed E-state index contributed by atoms with van der Waals surface area (Å²) >= 11 is 0. The molecule has 0 spiro atoms. The highest BCUT2D eigenvalue weighted by atomic mass is 16.3. The fraction of sp³-hybridized carbons (Fsp3) is 0.318. The molecular weight excluding hydrogens is 324 g/mol. The molecule has 4 heteroatoms. The standard InChI is InChI=1S/C22H24N2O2/c25-22(21-15-18-9-4-5-11-20(18)26-21)23-19-10-6-13-24(16-19)14-12-17-7-2-1-3-8-17/h1-5,7-9,11,15,19H,6,10,12-14,16H2,(H,23,25)/t19-/m1/s1. The van der Waals surface area contributed by atoms with E-state index in [2.05, 4.69) is 34.5 Å². The van der Waals surface area contributed by atoms with Gasteiger partial charge in [-0.3, -0.25) is 4.79 Å². The first-order chi connectivity index (χ1) is 12.8. The molecule has 1 aromatic heterocycles. The van der Waals surface area contributed by atoms with Crippen molar-refractivity contribution in [1.82, 2.24) is 10.2 Å². The normalized spacial score (nSPS) is 18.1. The summed E-state index contributed by atoms with van der Waals surface area (Å²) < 4.78 is 5.68. The Morgan fingerprint density at radius 2 is 1.92 bits per heavy atom. The highest BCUT2D eigenvalue weighted by Crippen LogP contribution is 2.19. The number of para-hydroxylation sites is 1. The summed E-state index contributed by atoms with van der Waals surface area (Å²) in [5.41, 5.74) is 2.12. The Labute approximate surface area is 153 Å². The van der Waals surface area contributed by atoms with Crippen LogP contribution in [0.15, 0.2) is 65.1 Å². The van der Waals surface area contributed by atoms with Crippen LogP contribution < -0.4 is 5.32 Å². The average Bonchev–Trinajstić information content (AvgIpc) is 3.12. The Balaban J connectivity index is 1.33. The number of carbonyl (C=O) groups is 1. The van der Waals surface area contributed by atoms with Crippen molar-refractivity contribution in [3.05, 3.63) is 72.0 Å². The van der Waals surface area contributed by atoms with Gasteiger partial charge in [0, 0.05) is 24.5 Å². The number of hydrogen-bond donors (Lipinski definition) is 1. The number of nitrogens with one attached hydrogen (secondary N) is 1. The number of nitrogens with zero attached hydrogens (tertiary/aromatic N) is 1. The van der Waals surface area contributed by atoms with Gasteiger partial charge in [0.15, 0.2) is 5.76 Å². The van der Waals surface area contributed by atoms with Crippen molar-refractivity contribution in [2.24, 2.45) is 0 Å². The van der Waals surface area contributed by atoms with Crippen LogP contribution in [-0.4, -0.2) is 36.5 Å². The smallest absolute Gasteiger partial charge is 0.287 e. The zero-order chi connectivity index (χ0) is 17.8. The summed E-state index contributed by atoms with van der Waals surface area (Å²) in [6, 6.07) is 20.3. The van der Waals surface area contributed by atoms with Crippen molar-refractivity contribution >= 4 is 16.9 Å². The number of rotatable bonds is 5. The highest BCUT2D eigenvalue weighted by molar-refractivity contribution is 5.96. The molecule has 26 heavy (non-hydrogen) atoms. The number of piperidine rings is 1. The van der Waals surface area contributed by atoms with Crippen LogP contribution in [0.2, 0.25) is 0 Å². The van der Waals surface area contributed by atoms with Crippen LogP contribution in [0.3, 0.4) is 0 Å². The molecule has 1 saturated heterocycles. The zero-order valence-electron chi connectivity index (χ0n) is 14.9. The molecule has 4 nitrogen and oxygen atoms in total. The van der Waals surface area contributed by atoms with E-state index in [0.29, 0.717) is 5.76 Å². The SMILES string of the molecule is O=C(N[C@@H]1CCCN(CCc2ccccc2)C1)c1cc2ccccc2o1. The lowest BCUT2D eigenvalue weighted by Crippen LogP contribution is -2.48. The summed E-state index contributed by atoms with van der Waals surface area (Å²) in [7, 11) is 0. The summed E-state index contributed by atoms with van der Waals surface area (Å²) in [6.45, 7) is 3.03. The van der Waals surface area contributed by atoms with Gasteiger partial charge in [-0.2, -0.15) is 0 Å². The number of furan rings is 1. The predicted octanol–water partition coefficient (Wildman–Crippen LogP) is 3.87. The lowest BCUT2D eigenvalue weighted by atomic mass is 10.0. The highest BCUT2D eigenvalue weighted by Gasteiger charge is 2.23. The molecule has 0 radical (unpaired) electrons. The molecule has 1 atom stereocenters. The van der Waals surface area contributed by atoms with Gasteiger partial charge in [-0.1, -0.05) is 48.5 Å². The minimum absolute atomic E-state index is 0.115. The molecule has 0 aliphatic carbocycles. The van der Waals surface area contributed by atoms with Crippen LogP contribution in [0.25, 0.3) is 11.0 Å². The van der Waals surface area contributed by atoms with E-state index in [1.807, 2.05) is 36.4 Å². The molecule has 1 fully saturated rings. The van der Waals surface area contributed by atoms with Crippen LogP contribution in [-0.2, 0) is 6.42 Å². The van der Waals surface area contributed by atoms with Crippen LogP contribution in [0.4, 0.5) is 0 Å². The maximum atomic E-state index is 12.5. The van der Waals surface area contributed by atoms with Crippen LogP contribution in [0, 0.1) is 0 Å². The number of amides is 1. The summed E-state index contributed by atoms with van der Waals surface area (Å²) in [4.78, 5) is 15.0. The average molecular weight is 348 g/mol. The van der Waals surface area contributed by atoms with Gasteiger partial charge in [0.1, 0.15) is 5.58 Å². The van der Waals surface area contributed by atoms with E-state index in [9.17, 15) is 4.79 Å². The topological polar surface area (TPSA) is 45.5 Å². The molecule has 1 N–H and O–H groups in total. The van der Waals surface area contributed by atoms with Gasteiger partial charge in [0.2, 0.25) is 0 Å². The van der Waals surface area contributed by atoms with Crippen molar-refractivity contribution in [1.29, 1.82) is 0 Å². The van der Waals surface area contributed by atoms with Crippen LogP contribution in [0.5, 0.6) is 0 Å². The summed E-state index contributed by atoms with van der Waals surface area (Å²) in [5.74, 6) is 0.281. The molecule has 134 valence electrons. The Morgan fingerprint density at radius 1 is 1.12 bits per heavy atom. The van der Waals surface area contributed by atoms with Gasteiger partial charge in [0.25, 0.3) is 5.91 Å². The largest absolute Gasteiger partial charge is 0.451 e. The predicted molar refractivity (Wildman–Crippen MR) is 103 cm³/mol. The molecule has 0 saturated carbocycles. The number of carbonyl (C=O) groups excluding carboxylic acids is 1. The minimum Gasteiger partial charge on any atom is -0.451 e. The van der Waals surface area contributed by atoms with Gasteiger partial charge in [-0.15, -0.1) is 0 Å². The maximum absolute atomic E-state index is 12.5. The van der Waals surface area contributed by atoms with E-state index >= 15 is 0 Å². The van der Waals surface area contributed by atoms with Crippen molar-refractivity contribution in [3.8, 4) is 0 Å². The first-order valence-electron chi connectivity index (χ1n) is 9.34. The van der Waals surface area contributed by atoms with Gasteiger partial charge in [0.05, 0.1) is 0 Å². The van der Waals surface area contributed by atoms with Gasteiger partial charge < -0.3 is 14.6 Å². The first kappa shape index (κ1) is 16.9. The van der Waals surface area contributed by atoms with Crippen molar-refractivity contribution in [3.63, 3.8) is 0 Å². The maximum Gasteiger partial charge on any atom is 0.287 e. The number of hydrogen-bond acceptors (Lipinski definition) is 3. The summed E-state index contributed by atoms with van der Waals surface area (Å²) in [6.07, 6.45) is 3.18. The monoisotopic (exact) mass is 348 g/mol. The van der Waals surface area contributed by atoms with E-state index in [1.54, 1.807) is 0 Å². The molecule has 0 bridgehead atoms. The van der Waals surface area contributed by atoms with Crippen molar-refractivity contribution < 1.29 is 9.21 Å². The van der Waals surface area contributed by atoms with E-state index in [4.69, 9.17) is 4.42 Å². The molecule has 3 aromatic rings. The van der Waals surface area contributed by atoms with Crippen molar-refractivity contribution in [2.45, 2.75) is 25.3 Å². The lowest BCUT2D eigenvalue weighted by Gasteiger charge is -2.33. The third-order valence-corrected chi connectivity index (χ3v) is 5.05. The number of benzene rings is 2. The summed E-state index contributed by atoms with van der Waals surface area (Å²) in [5, 5.41) is 4.11. The van der Waals surface area contributed by atoms with E-state index in [-0.39, 0.29) is 11.9 Å². The molecule has 0 unspecified atom stereocenters. The second-order valence-corrected chi connectivity index (χ2v) is 7.00. The molecule has 2 aromatic carbocycles. The Kier molecular flexibility index (Phi) is 5.02. The second kappa shape index (κ2) is 7.75. The van der Waals surface area contributed by atoms with Crippen LogP contribution in [0.1, 0.15) is 29.0 Å². The van der Waals surface area contributed by atoms with Gasteiger partial charge in [-0.25, -0.2) is 0 Å². The minimum atomic E-state index is -0.115. The second-order valence-electron chi connectivity index (χ2n) is 7.00. The number of fused-ring (bicyclic) bond motifs is 1. The van der Waals surface area contributed by atoms with E-state index in [0.717, 1.165) is 49.9 Å². The van der Waals surface area contributed by atoms with Gasteiger partial charge >= 0.3 is 0 Å². The molecule has 1 amide bonds. The lowest BCUT2D eigenvalue weighted by molar-refractivity contribution is 0.0878. The fourth-order valence-corrected chi connectivity index (χ4v) is 3.66.